The standard InChI is InChI=1S/C12H11ClN2O/c1-2-9-7-11(13)15-12(14-9)8-4-3-5-10(16)6-8/h3-7,16H,2H2,1H3. The van der Waals surface area contributed by atoms with Crippen molar-refractivity contribution in [2.75, 3.05) is 0 Å². The summed E-state index contributed by atoms with van der Waals surface area (Å²) in [5.41, 5.74) is 1.65. The van der Waals surface area contributed by atoms with Gasteiger partial charge in [-0.2, -0.15) is 0 Å². The molecule has 0 aliphatic rings. The zero-order chi connectivity index (χ0) is 11.5. The van der Waals surface area contributed by atoms with E-state index in [0.717, 1.165) is 17.7 Å². The molecule has 0 radical (unpaired) electrons. The van der Waals surface area contributed by atoms with Crippen LogP contribution in [0.4, 0.5) is 0 Å². The van der Waals surface area contributed by atoms with Crippen molar-refractivity contribution in [3.05, 3.63) is 41.2 Å². The van der Waals surface area contributed by atoms with E-state index in [1.165, 1.54) is 0 Å². The average molecular weight is 235 g/mol. The average Bonchev–Trinajstić information content (AvgIpc) is 2.28. The molecule has 0 aliphatic heterocycles. The van der Waals surface area contributed by atoms with Crippen LogP contribution in [0.25, 0.3) is 11.4 Å². The second-order valence-electron chi connectivity index (χ2n) is 3.41. The minimum absolute atomic E-state index is 0.194. The topological polar surface area (TPSA) is 46.0 Å². The Labute approximate surface area is 98.8 Å². The number of phenols is 1. The van der Waals surface area contributed by atoms with Gasteiger partial charge in [-0.15, -0.1) is 0 Å². The van der Waals surface area contributed by atoms with Gasteiger partial charge in [0.05, 0.1) is 0 Å². The van der Waals surface area contributed by atoms with Crippen LogP contribution in [0.3, 0.4) is 0 Å². The maximum absolute atomic E-state index is 9.38. The summed E-state index contributed by atoms with van der Waals surface area (Å²) >= 11 is 5.90. The Hall–Kier alpha value is -1.61. The van der Waals surface area contributed by atoms with Crippen molar-refractivity contribution < 1.29 is 5.11 Å². The zero-order valence-corrected chi connectivity index (χ0v) is 9.57. The molecule has 0 spiro atoms. The van der Waals surface area contributed by atoms with E-state index in [4.69, 9.17) is 11.6 Å². The largest absolute Gasteiger partial charge is 0.508 e. The van der Waals surface area contributed by atoms with Crippen molar-refractivity contribution in [3.63, 3.8) is 0 Å². The van der Waals surface area contributed by atoms with E-state index in [1.54, 1.807) is 24.3 Å². The third kappa shape index (κ3) is 2.31. The van der Waals surface area contributed by atoms with Crippen molar-refractivity contribution in [1.82, 2.24) is 9.97 Å². The van der Waals surface area contributed by atoms with Crippen LogP contribution in [-0.4, -0.2) is 15.1 Å². The van der Waals surface area contributed by atoms with Gasteiger partial charge in [0.1, 0.15) is 10.9 Å². The van der Waals surface area contributed by atoms with E-state index < -0.39 is 0 Å². The smallest absolute Gasteiger partial charge is 0.161 e. The molecule has 0 fully saturated rings. The van der Waals surface area contributed by atoms with Crippen LogP contribution in [0.1, 0.15) is 12.6 Å². The highest BCUT2D eigenvalue weighted by Gasteiger charge is 2.05. The number of halogens is 1. The SMILES string of the molecule is CCc1cc(Cl)nc(-c2cccc(O)c2)n1. The van der Waals surface area contributed by atoms with E-state index >= 15 is 0 Å². The number of aromatic nitrogens is 2. The lowest BCUT2D eigenvalue weighted by atomic mass is 10.2. The van der Waals surface area contributed by atoms with Crippen molar-refractivity contribution in [2.45, 2.75) is 13.3 Å². The molecule has 16 heavy (non-hydrogen) atoms. The molecule has 0 saturated carbocycles. The predicted molar refractivity (Wildman–Crippen MR) is 63.5 cm³/mol. The molecule has 0 atom stereocenters. The molecule has 3 nitrogen and oxygen atoms in total. The molecular weight excluding hydrogens is 224 g/mol. The van der Waals surface area contributed by atoms with Crippen molar-refractivity contribution in [3.8, 4) is 17.1 Å². The number of aromatic hydroxyl groups is 1. The van der Waals surface area contributed by atoms with Crippen LogP contribution in [-0.2, 0) is 6.42 Å². The van der Waals surface area contributed by atoms with E-state index in [-0.39, 0.29) is 5.75 Å². The van der Waals surface area contributed by atoms with Gasteiger partial charge in [-0.1, -0.05) is 30.7 Å². The van der Waals surface area contributed by atoms with Gasteiger partial charge in [0.15, 0.2) is 5.82 Å². The fourth-order valence-corrected chi connectivity index (χ4v) is 1.63. The molecule has 0 amide bonds. The van der Waals surface area contributed by atoms with E-state index in [1.807, 2.05) is 13.0 Å². The first kappa shape index (κ1) is 10.9. The lowest BCUT2D eigenvalue weighted by Crippen LogP contribution is -1.94. The minimum atomic E-state index is 0.194. The number of hydrogen-bond donors (Lipinski definition) is 1. The first-order chi connectivity index (χ1) is 7.69. The minimum Gasteiger partial charge on any atom is -0.508 e. The summed E-state index contributed by atoms with van der Waals surface area (Å²) in [4.78, 5) is 8.49. The van der Waals surface area contributed by atoms with E-state index in [2.05, 4.69) is 9.97 Å². The Balaban J connectivity index is 2.51. The maximum Gasteiger partial charge on any atom is 0.161 e. The van der Waals surface area contributed by atoms with Gasteiger partial charge >= 0.3 is 0 Å². The predicted octanol–water partition coefficient (Wildman–Crippen LogP) is 3.07. The Morgan fingerprint density at radius 3 is 2.75 bits per heavy atom. The normalized spacial score (nSPS) is 10.4. The molecule has 0 saturated heterocycles. The number of phenolic OH excluding ortho intramolecular Hbond substituents is 1. The monoisotopic (exact) mass is 234 g/mol. The Kier molecular flexibility index (Phi) is 3.06. The zero-order valence-electron chi connectivity index (χ0n) is 8.81. The van der Waals surface area contributed by atoms with E-state index in [0.29, 0.717) is 11.0 Å². The molecule has 1 aromatic carbocycles. The number of rotatable bonds is 2. The highest BCUT2D eigenvalue weighted by molar-refractivity contribution is 6.29. The van der Waals surface area contributed by atoms with Gasteiger partial charge in [-0.05, 0) is 24.6 Å². The Bertz CT molecular complexity index is 514. The number of benzene rings is 1. The van der Waals surface area contributed by atoms with Crippen molar-refractivity contribution in [2.24, 2.45) is 0 Å². The highest BCUT2D eigenvalue weighted by Crippen LogP contribution is 2.21. The lowest BCUT2D eigenvalue weighted by molar-refractivity contribution is 0.475. The molecule has 0 bridgehead atoms. The lowest BCUT2D eigenvalue weighted by Gasteiger charge is -2.03. The second kappa shape index (κ2) is 4.49. The van der Waals surface area contributed by atoms with Crippen molar-refractivity contribution >= 4 is 11.6 Å². The maximum atomic E-state index is 9.38. The molecular formula is C12H11ClN2O. The summed E-state index contributed by atoms with van der Waals surface area (Å²) < 4.78 is 0. The molecule has 1 N–H and O–H groups in total. The summed E-state index contributed by atoms with van der Waals surface area (Å²) in [5.74, 6) is 0.736. The summed E-state index contributed by atoms with van der Waals surface area (Å²) in [6.45, 7) is 2.00. The quantitative estimate of drug-likeness (QED) is 0.813. The second-order valence-corrected chi connectivity index (χ2v) is 3.80. The van der Waals surface area contributed by atoms with E-state index in [9.17, 15) is 5.11 Å². The first-order valence-electron chi connectivity index (χ1n) is 5.02. The highest BCUT2D eigenvalue weighted by atomic mass is 35.5. The number of aryl methyl sites for hydroxylation is 1. The first-order valence-corrected chi connectivity index (χ1v) is 5.39. The van der Waals surface area contributed by atoms with Crippen LogP contribution in [0, 0.1) is 0 Å². The van der Waals surface area contributed by atoms with Crippen LogP contribution in [0.5, 0.6) is 5.75 Å². The molecule has 2 rings (SSSR count). The summed E-state index contributed by atoms with van der Waals surface area (Å²) in [6, 6.07) is 8.55. The molecule has 2 aromatic rings. The molecule has 0 unspecified atom stereocenters. The molecule has 4 heteroatoms. The van der Waals surface area contributed by atoms with Crippen LogP contribution >= 0.6 is 11.6 Å². The van der Waals surface area contributed by atoms with Crippen LogP contribution < -0.4 is 0 Å². The third-order valence-electron chi connectivity index (χ3n) is 2.21. The summed E-state index contributed by atoms with van der Waals surface area (Å²) in [7, 11) is 0. The van der Waals surface area contributed by atoms with Gasteiger partial charge in [0, 0.05) is 11.3 Å². The van der Waals surface area contributed by atoms with Gasteiger partial charge in [0.25, 0.3) is 0 Å². The summed E-state index contributed by atoms with van der Waals surface area (Å²) in [5, 5.41) is 9.80. The van der Waals surface area contributed by atoms with Crippen LogP contribution in [0.2, 0.25) is 5.15 Å². The fraction of sp³-hybridized carbons (Fsp3) is 0.167. The van der Waals surface area contributed by atoms with Crippen LogP contribution in [0.15, 0.2) is 30.3 Å². The van der Waals surface area contributed by atoms with Crippen molar-refractivity contribution in [1.29, 1.82) is 0 Å². The third-order valence-corrected chi connectivity index (χ3v) is 2.41. The molecule has 82 valence electrons. The van der Waals surface area contributed by atoms with Gasteiger partial charge < -0.3 is 5.11 Å². The summed E-state index contributed by atoms with van der Waals surface area (Å²) in [6.07, 6.45) is 0.800. The van der Waals surface area contributed by atoms with Gasteiger partial charge in [-0.3, -0.25) is 0 Å². The fourth-order valence-electron chi connectivity index (χ4n) is 1.42. The van der Waals surface area contributed by atoms with Gasteiger partial charge in [0.2, 0.25) is 0 Å². The number of nitrogens with zero attached hydrogens (tertiary/aromatic N) is 2. The number of hydrogen-bond acceptors (Lipinski definition) is 3. The molecule has 0 aliphatic carbocycles. The molecule has 1 heterocycles. The Morgan fingerprint density at radius 2 is 2.06 bits per heavy atom. The molecule has 1 aromatic heterocycles. The van der Waals surface area contributed by atoms with Gasteiger partial charge in [-0.25, -0.2) is 9.97 Å². The Morgan fingerprint density at radius 1 is 1.25 bits per heavy atom.